The van der Waals surface area contributed by atoms with Gasteiger partial charge in [-0.05, 0) is 47.9 Å². The Balaban J connectivity index is 1.53. The molecular weight excluding hydrogens is 456 g/mol. The van der Waals surface area contributed by atoms with Gasteiger partial charge in [0.25, 0.3) is 5.91 Å². The van der Waals surface area contributed by atoms with Crippen molar-refractivity contribution in [1.29, 1.82) is 0 Å². The lowest BCUT2D eigenvalue weighted by Gasteiger charge is -2.26. The maximum Gasteiger partial charge on any atom is 0.290 e. The molecule has 0 aliphatic carbocycles. The molecular formula is C29H26N2O5. The molecule has 0 saturated heterocycles. The molecule has 182 valence electrons. The first-order chi connectivity index (χ1) is 17.6. The van der Waals surface area contributed by atoms with Gasteiger partial charge in [0, 0.05) is 24.3 Å². The van der Waals surface area contributed by atoms with Crippen molar-refractivity contribution in [3.8, 4) is 5.75 Å². The summed E-state index contributed by atoms with van der Waals surface area (Å²) in [6.07, 6.45) is 5.29. The number of pyridine rings is 1. The highest BCUT2D eigenvalue weighted by molar-refractivity contribution is 6.16. The van der Waals surface area contributed by atoms with E-state index in [0.29, 0.717) is 23.5 Å². The number of fused-ring (bicyclic) bond motifs is 1. The van der Waals surface area contributed by atoms with Crippen LogP contribution >= 0.6 is 0 Å². The molecule has 0 spiro atoms. The molecule has 1 amide bonds. The van der Waals surface area contributed by atoms with Crippen molar-refractivity contribution in [2.45, 2.75) is 32.4 Å². The number of carbonyl (C=O) groups excluding carboxylic acids is 2. The lowest BCUT2D eigenvalue weighted by Crippen LogP contribution is -2.30. The van der Waals surface area contributed by atoms with Crippen LogP contribution in [0.3, 0.4) is 0 Å². The Bertz CT molecular complexity index is 1390. The van der Waals surface area contributed by atoms with Crippen LogP contribution in [0.2, 0.25) is 0 Å². The molecule has 36 heavy (non-hydrogen) atoms. The molecule has 7 nitrogen and oxygen atoms in total. The average Bonchev–Trinajstić information content (AvgIpc) is 3.45. The molecule has 1 atom stereocenters. The van der Waals surface area contributed by atoms with Crippen molar-refractivity contribution in [1.82, 2.24) is 9.88 Å². The van der Waals surface area contributed by atoms with Crippen molar-refractivity contribution in [3.63, 3.8) is 0 Å². The molecule has 2 aromatic heterocycles. The van der Waals surface area contributed by atoms with E-state index >= 15 is 0 Å². The summed E-state index contributed by atoms with van der Waals surface area (Å²) in [5, 5.41) is 11.7. The van der Waals surface area contributed by atoms with Crippen LogP contribution in [0.25, 0.3) is 11.0 Å². The van der Waals surface area contributed by atoms with Crippen molar-refractivity contribution < 1.29 is 23.8 Å². The Kier molecular flexibility index (Phi) is 6.54. The molecule has 0 radical (unpaired) electrons. The van der Waals surface area contributed by atoms with E-state index in [1.807, 2.05) is 48.5 Å². The Morgan fingerprint density at radius 2 is 1.92 bits per heavy atom. The minimum atomic E-state index is -0.803. The van der Waals surface area contributed by atoms with Gasteiger partial charge in [-0.1, -0.05) is 49.7 Å². The second-order valence-corrected chi connectivity index (χ2v) is 8.71. The Hall–Kier alpha value is -4.39. The lowest BCUT2D eigenvalue weighted by molar-refractivity contribution is -0.130. The first-order valence-corrected chi connectivity index (χ1v) is 12.0. The van der Waals surface area contributed by atoms with E-state index in [0.717, 1.165) is 23.8 Å². The third-order valence-electron chi connectivity index (χ3n) is 6.24. The van der Waals surface area contributed by atoms with Gasteiger partial charge in [-0.25, -0.2) is 0 Å². The molecule has 1 N–H and O–H groups in total. The van der Waals surface area contributed by atoms with Crippen LogP contribution in [0.15, 0.2) is 94.9 Å². The highest BCUT2D eigenvalue weighted by Gasteiger charge is 2.44. The van der Waals surface area contributed by atoms with Crippen LogP contribution in [0, 0.1) is 0 Å². The summed E-state index contributed by atoms with van der Waals surface area (Å²) >= 11 is 0. The zero-order chi connectivity index (χ0) is 25.1. The number of Topliss-reactive ketones (excluding diaryl/α,β-unsaturated/α-hetero) is 1. The van der Waals surface area contributed by atoms with Gasteiger partial charge in [0.15, 0.2) is 11.5 Å². The van der Waals surface area contributed by atoms with Crippen LogP contribution in [0.1, 0.15) is 47.5 Å². The fraction of sp³-hybridized carbons (Fsp3) is 0.207. The number of benzene rings is 2. The van der Waals surface area contributed by atoms with Crippen molar-refractivity contribution in [2.75, 3.05) is 6.61 Å². The van der Waals surface area contributed by atoms with E-state index in [2.05, 4.69) is 11.9 Å². The number of unbranched alkanes of at least 4 members (excludes halogenated alkanes) is 1. The van der Waals surface area contributed by atoms with Crippen LogP contribution in [0.4, 0.5) is 0 Å². The summed E-state index contributed by atoms with van der Waals surface area (Å²) < 4.78 is 11.6. The van der Waals surface area contributed by atoms with Gasteiger partial charge in [-0.3, -0.25) is 14.6 Å². The minimum Gasteiger partial charge on any atom is -0.503 e. The molecule has 0 bridgehead atoms. The molecule has 1 aliphatic heterocycles. The fourth-order valence-corrected chi connectivity index (χ4v) is 4.39. The number of aromatic nitrogens is 1. The number of ether oxygens (including phenoxy) is 1. The topological polar surface area (TPSA) is 92.9 Å². The smallest absolute Gasteiger partial charge is 0.290 e. The number of nitrogens with zero attached hydrogens (tertiary/aromatic N) is 2. The largest absolute Gasteiger partial charge is 0.503 e. The van der Waals surface area contributed by atoms with Gasteiger partial charge in [-0.2, -0.15) is 0 Å². The van der Waals surface area contributed by atoms with Gasteiger partial charge < -0.3 is 19.2 Å². The molecule has 1 aliphatic rings. The molecule has 0 fully saturated rings. The zero-order valence-corrected chi connectivity index (χ0v) is 19.9. The van der Waals surface area contributed by atoms with E-state index in [-0.39, 0.29) is 17.9 Å². The summed E-state index contributed by atoms with van der Waals surface area (Å²) in [5.74, 6) is -0.949. The number of rotatable bonds is 9. The second-order valence-electron chi connectivity index (χ2n) is 8.71. The number of amides is 1. The van der Waals surface area contributed by atoms with E-state index in [4.69, 9.17) is 9.15 Å². The molecule has 4 aromatic rings. The van der Waals surface area contributed by atoms with Crippen molar-refractivity contribution in [3.05, 3.63) is 107 Å². The zero-order valence-electron chi connectivity index (χ0n) is 19.9. The quantitative estimate of drug-likeness (QED) is 0.240. The second kappa shape index (κ2) is 10.1. The first-order valence-electron chi connectivity index (χ1n) is 12.0. The summed E-state index contributed by atoms with van der Waals surface area (Å²) in [7, 11) is 0. The molecule has 1 unspecified atom stereocenters. The highest BCUT2D eigenvalue weighted by atomic mass is 16.5. The number of carbonyl (C=O) groups is 2. The Labute approximate surface area is 208 Å². The molecule has 7 heteroatoms. The van der Waals surface area contributed by atoms with Crippen LogP contribution in [0.5, 0.6) is 5.75 Å². The molecule has 5 rings (SSSR count). The summed E-state index contributed by atoms with van der Waals surface area (Å²) in [6, 6.07) is 19.0. The Morgan fingerprint density at radius 3 is 2.64 bits per heavy atom. The van der Waals surface area contributed by atoms with Crippen molar-refractivity contribution in [2.24, 2.45) is 0 Å². The predicted octanol–water partition coefficient (Wildman–Crippen LogP) is 5.79. The van der Waals surface area contributed by atoms with E-state index in [1.54, 1.807) is 30.6 Å². The molecule has 3 heterocycles. The highest BCUT2D eigenvalue weighted by Crippen LogP contribution is 2.41. The van der Waals surface area contributed by atoms with E-state index < -0.39 is 23.5 Å². The van der Waals surface area contributed by atoms with Crippen LogP contribution < -0.4 is 4.74 Å². The summed E-state index contributed by atoms with van der Waals surface area (Å²) in [6.45, 7) is 2.88. The number of aliphatic hydroxyl groups excluding tert-OH is 1. The van der Waals surface area contributed by atoms with Gasteiger partial charge >= 0.3 is 0 Å². The normalized spacial score (nSPS) is 15.6. The van der Waals surface area contributed by atoms with Crippen LogP contribution in [-0.2, 0) is 11.3 Å². The van der Waals surface area contributed by atoms with Crippen molar-refractivity contribution >= 4 is 22.7 Å². The molecule has 0 saturated carbocycles. The van der Waals surface area contributed by atoms with Gasteiger partial charge in [0.1, 0.15) is 11.3 Å². The minimum absolute atomic E-state index is 0.0115. The van der Waals surface area contributed by atoms with Gasteiger partial charge in [0.2, 0.25) is 5.78 Å². The number of aliphatic hydroxyl groups is 1. The standard InChI is InChI=1S/C29H26N2O5/c1-2-3-15-35-22-12-10-20(11-13-22)26-25(27(32)24-16-21-8-4-5-9-23(21)36-24)28(33)29(34)31(26)18-19-7-6-14-30-17-19/h4-14,16-17,26,33H,2-3,15,18H2,1H3. The third-order valence-corrected chi connectivity index (χ3v) is 6.24. The lowest BCUT2D eigenvalue weighted by atomic mass is 9.94. The first kappa shape index (κ1) is 23.4. The monoisotopic (exact) mass is 482 g/mol. The number of hydrogen-bond acceptors (Lipinski definition) is 6. The maximum absolute atomic E-state index is 13.7. The fourth-order valence-electron chi connectivity index (χ4n) is 4.39. The maximum atomic E-state index is 13.7. The van der Waals surface area contributed by atoms with Gasteiger partial charge in [0.05, 0.1) is 18.2 Å². The number of hydrogen-bond donors (Lipinski definition) is 1. The van der Waals surface area contributed by atoms with E-state index in [9.17, 15) is 14.7 Å². The number of para-hydroxylation sites is 1. The summed E-state index contributed by atoms with van der Waals surface area (Å²) in [5.41, 5.74) is 2.00. The van der Waals surface area contributed by atoms with Gasteiger partial charge in [-0.15, -0.1) is 0 Å². The predicted molar refractivity (Wildman–Crippen MR) is 135 cm³/mol. The number of furan rings is 1. The third kappa shape index (κ3) is 4.47. The SMILES string of the molecule is CCCCOc1ccc(C2C(C(=O)c3cc4ccccc4o3)=C(O)C(=O)N2Cc2cccnc2)cc1. The van der Waals surface area contributed by atoms with E-state index in [1.165, 1.54) is 4.90 Å². The summed E-state index contributed by atoms with van der Waals surface area (Å²) in [4.78, 5) is 32.5. The average molecular weight is 483 g/mol. The van der Waals surface area contributed by atoms with Crippen LogP contribution in [-0.4, -0.2) is 33.3 Å². The Morgan fingerprint density at radius 1 is 1.11 bits per heavy atom. The number of ketones is 1. The molecule has 2 aromatic carbocycles.